The molecular weight excluding hydrogens is 225 g/mol. The SMILES string of the molecule is O=C(O)c1cc(F)cc(-c2cc[nH]c(=O)c2)c1. The third-order valence-corrected chi connectivity index (χ3v) is 2.25. The van der Waals surface area contributed by atoms with Crippen molar-refractivity contribution in [2.45, 2.75) is 0 Å². The molecule has 0 aliphatic heterocycles. The van der Waals surface area contributed by atoms with E-state index in [4.69, 9.17) is 5.11 Å². The summed E-state index contributed by atoms with van der Waals surface area (Å²) >= 11 is 0. The Labute approximate surface area is 95.4 Å². The summed E-state index contributed by atoms with van der Waals surface area (Å²) in [6.45, 7) is 0. The van der Waals surface area contributed by atoms with E-state index in [-0.39, 0.29) is 11.1 Å². The van der Waals surface area contributed by atoms with Crippen LogP contribution in [0.15, 0.2) is 41.3 Å². The summed E-state index contributed by atoms with van der Waals surface area (Å²) in [6, 6.07) is 6.28. The van der Waals surface area contributed by atoms with Crippen LogP contribution in [0, 0.1) is 5.82 Å². The Morgan fingerprint density at radius 1 is 1.18 bits per heavy atom. The number of carbonyl (C=O) groups is 1. The number of halogens is 1. The zero-order valence-corrected chi connectivity index (χ0v) is 8.61. The van der Waals surface area contributed by atoms with Crippen LogP contribution in [0.4, 0.5) is 4.39 Å². The fraction of sp³-hybridized carbons (Fsp3) is 0. The number of rotatable bonds is 2. The molecule has 2 N–H and O–H groups in total. The van der Waals surface area contributed by atoms with Crippen LogP contribution in [-0.4, -0.2) is 16.1 Å². The first-order chi connectivity index (χ1) is 8.06. The lowest BCUT2D eigenvalue weighted by Gasteiger charge is -2.03. The summed E-state index contributed by atoms with van der Waals surface area (Å²) in [4.78, 5) is 24.3. The molecule has 0 radical (unpaired) electrons. The quantitative estimate of drug-likeness (QED) is 0.831. The number of aromatic amines is 1. The van der Waals surface area contributed by atoms with Gasteiger partial charge in [-0.3, -0.25) is 4.79 Å². The molecule has 2 aromatic rings. The highest BCUT2D eigenvalue weighted by atomic mass is 19.1. The number of pyridine rings is 1. The van der Waals surface area contributed by atoms with Crippen molar-refractivity contribution in [3.8, 4) is 11.1 Å². The second-order valence-electron chi connectivity index (χ2n) is 3.48. The highest BCUT2D eigenvalue weighted by molar-refractivity contribution is 5.89. The lowest BCUT2D eigenvalue weighted by molar-refractivity contribution is 0.0696. The zero-order chi connectivity index (χ0) is 12.4. The van der Waals surface area contributed by atoms with Gasteiger partial charge in [-0.05, 0) is 35.4 Å². The molecule has 17 heavy (non-hydrogen) atoms. The van der Waals surface area contributed by atoms with Crippen molar-refractivity contribution in [2.24, 2.45) is 0 Å². The summed E-state index contributed by atoms with van der Waals surface area (Å²) in [5.41, 5.74) is 0.341. The minimum absolute atomic E-state index is 0.153. The van der Waals surface area contributed by atoms with Gasteiger partial charge in [-0.2, -0.15) is 0 Å². The van der Waals surface area contributed by atoms with Crippen LogP contribution in [-0.2, 0) is 0 Å². The summed E-state index contributed by atoms with van der Waals surface area (Å²) in [7, 11) is 0. The van der Waals surface area contributed by atoms with Crippen LogP contribution in [0.2, 0.25) is 0 Å². The van der Waals surface area contributed by atoms with Crippen LogP contribution < -0.4 is 5.56 Å². The number of benzene rings is 1. The van der Waals surface area contributed by atoms with Crippen LogP contribution in [0.3, 0.4) is 0 Å². The summed E-state index contributed by atoms with van der Waals surface area (Å²) in [5.74, 6) is -1.87. The molecule has 0 aliphatic rings. The number of nitrogens with one attached hydrogen (secondary N) is 1. The van der Waals surface area contributed by atoms with E-state index in [1.165, 1.54) is 24.4 Å². The fourth-order valence-corrected chi connectivity index (χ4v) is 1.50. The van der Waals surface area contributed by atoms with Gasteiger partial charge in [0, 0.05) is 12.3 Å². The molecule has 86 valence electrons. The molecule has 0 atom stereocenters. The highest BCUT2D eigenvalue weighted by Crippen LogP contribution is 2.20. The minimum Gasteiger partial charge on any atom is -0.478 e. The maximum Gasteiger partial charge on any atom is 0.335 e. The minimum atomic E-state index is -1.21. The van der Waals surface area contributed by atoms with E-state index in [0.29, 0.717) is 11.1 Å². The smallest absolute Gasteiger partial charge is 0.335 e. The van der Waals surface area contributed by atoms with E-state index in [1.807, 2.05) is 0 Å². The third-order valence-electron chi connectivity index (χ3n) is 2.25. The Kier molecular flexibility index (Phi) is 2.74. The Morgan fingerprint density at radius 2 is 1.94 bits per heavy atom. The maximum atomic E-state index is 13.2. The number of carboxylic acid groups (broad SMARTS) is 1. The molecule has 0 saturated carbocycles. The largest absolute Gasteiger partial charge is 0.478 e. The molecule has 1 aromatic heterocycles. The second kappa shape index (κ2) is 4.21. The molecule has 4 nitrogen and oxygen atoms in total. The van der Waals surface area contributed by atoms with E-state index in [1.54, 1.807) is 6.07 Å². The van der Waals surface area contributed by atoms with Crippen molar-refractivity contribution in [1.29, 1.82) is 0 Å². The number of aromatic nitrogens is 1. The van der Waals surface area contributed by atoms with Gasteiger partial charge in [0.05, 0.1) is 5.56 Å². The first-order valence-electron chi connectivity index (χ1n) is 4.79. The Bertz CT molecular complexity index is 634. The molecule has 0 fully saturated rings. The van der Waals surface area contributed by atoms with Crippen LogP contribution in [0.5, 0.6) is 0 Å². The van der Waals surface area contributed by atoms with Crippen molar-refractivity contribution in [3.63, 3.8) is 0 Å². The second-order valence-corrected chi connectivity index (χ2v) is 3.48. The van der Waals surface area contributed by atoms with Gasteiger partial charge in [-0.15, -0.1) is 0 Å². The number of hydrogen-bond donors (Lipinski definition) is 2. The average Bonchev–Trinajstić information content (AvgIpc) is 2.28. The molecule has 0 amide bonds. The van der Waals surface area contributed by atoms with Crippen molar-refractivity contribution >= 4 is 5.97 Å². The monoisotopic (exact) mass is 233 g/mol. The average molecular weight is 233 g/mol. The Hall–Kier alpha value is -2.43. The topological polar surface area (TPSA) is 70.2 Å². The predicted octanol–water partition coefficient (Wildman–Crippen LogP) is 1.88. The molecule has 0 saturated heterocycles. The summed E-state index contributed by atoms with van der Waals surface area (Å²) in [6.07, 6.45) is 1.42. The molecule has 5 heteroatoms. The van der Waals surface area contributed by atoms with Gasteiger partial charge in [0.15, 0.2) is 0 Å². The molecular formula is C12H8FNO3. The molecule has 0 spiro atoms. The lowest BCUT2D eigenvalue weighted by Crippen LogP contribution is -2.03. The van der Waals surface area contributed by atoms with E-state index in [0.717, 1.165) is 6.07 Å². The van der Waals surface area contributed by atoms with Gasteiger partial charge >= 0.3 is 5.97 Å². The number of H-pyrrole nitrogens is 1. The molecule has 0 aliphatic carbocycles. The molecule has 0 bridgehead atoms. The van der Waals surface area contributed by atoms with Crippen molar-refractivity contribution in [2.75, 3.05) is 0 Å². The molecule has 1 heterocycles. The number of aromatic carboxylic acids is 1. The molecule has 2 rings (SSSR count). The Morgan fingerprint density at radius 3 is 2.59 bits per heavy atom. The predicted molar refractivity (Wildman–Crippen MR) is 59.4 cm³/mol. The molecule has 0 unspecified atom stereocenters. The standard InChI is InChI=1S/C12H8FNO3/c13-10-4-8(3-9(5-10)12(16)17)7-1-2-14-11(15)6-7/h1-6H,(H,14,15)(H,16,17). The van der Waals surface area contributed by atoms with Crippen LogP contribution in [0.1, 0.15) is 10.4 Å². The van der Waals surface area contributed by atoms with Gasteiger partial charge in [0.1, 0.15) is 5.82 Å². The number of carboxylic acids is 1. The first kappa shape index (κ1) is 11.1. The zero-order valence-electron chi connectivity index (χ0n) is 8.61. The van der Waals surface area contributed by atoms with Crippen molar-refractivity contribution in [1.82, 2.24) is 4.98 Å². The summed E-state index contributed by atoms with van der Waals surface area (Å²) in [5, 5.41) is 8.80. The van der Waals surface area contributed by atoms with Gasteiger partial charge in [0.2, 0.25) is 5.56 Å². The summed E-state index contributed by atoms with van der Waals surface area (Å²) < 4.78 is 13.2. The van der Waals surface area contributed by atoms with Crippen LogP contribution >= 0.6 is 0 Å². The van der Waals surface area contributed by atoms with E-state index in [9.17, 15) is 14.0 Å². The van der Waals surface area contributed by atoms with Crippen LogP contribution in [0.25, 0.3) is 11.1 Å². The van der Waals surface area contributed by atoms with Crippen molar-refractivity contribution < 1.29 is 14.3 Å². The first-order valence-corrected chi connectivity index (χ1v) is 4.79. The fourth-order valence-electron chi connectivity index (χ4n) is 1.50. The van der Waals surface area contributed by atoms with Gasteiger partial charge in [-0.25, -0.2) is 9.18 Å². The normalized spacial score (nSPS) is 10.2. The van der Waals surface area contributed by atoms with E-state index >= 15 is 0 Å². The lowest BCUT2D eigenvalue weighted by atomic mass is 10.0. The molecule has 1 aromatic carbocycles. The van der Waals surface area contributed by atoms with Gasteiger partial charge in [0.25, 0.3) is 0 Å². The van der Waals surface area contributed by atoms with Gasteiger partial charge in [-0.1, -0.05) is 0 Å². The van der Waals surface area contributed by atoms with E-state index < -0.39 is 11.8 Å². The maximum absolute atomic E-state index is 13.2. The van der Waals surface area contributed by atoms with Crippen molar-refractivity contribution in [3.05, 3.63) is 58.3 Å². The highest BCUT2D eigenvalue weighted by Gasteiger charge is 2.08. The third kappa shape index (κ3) is 2.39. The Balaban J connectivity index is 2.59. The van der Waals surface area contributed by atoms with E-state index in [2.05, 4.69) is 4.98 Å². The van der Waals surface area contributed by atoms with Gasteiger partial charge < -0.3 is 10.1 Å². The number of hydrogen-bond acceptors (Lipinski definition) is 2.